The molecule has 2 aliphatic rings. The predicted octanol–water partition coefficient (Wildman–Crippen LogP) is 3.40. The molecule has 164 valence electrons. The third kappa shape index (κ3) is 4.24. The fraction of sp³-hybridized carbons (Fsp3) is 0.429. The highest BCUT2D eigenvalue weighted by molar-refractivity contribution is 6.00. The first kappa shape index (κ1) is 21.2. The van der Waals surface area contributed by atoms with E-state index in [9.17, 15) is 27.2 Å². The van der Waals surface area contributed by atoms with Gasteiger partial charge in [0.15, 0.2) is 0 Å². The quantitative estimate of drug-likeness (QED) is 0.749. The summed E-state index contributed by atoms with van der Waals surface area (Å²) in [5.74, 6) is -5.78. The van der Waals surface area contributed by atoms with Crippen molar-refractivity contribution in [3.8, 4) is 0 Å². The molecule has 2 aromatic rings. The lowest BCUT2D eigenvalue weighted by atomic mass is 9.69. The van der Waals surface area contributed by atoms with E-state index in [1.807, 2.05) is 0 Å². The van der Waals surface area contributed by atoms with Crippen LogP contribution in [0, 0.1) is 24.0 Å². The molecule has 2 heterocycles. The number of aryl methyl sites for hydroxylation is 1. The number of carbonyl (C=O) groups excluding carboxylic acids is 2. The Bertz CT molecular complexity index is 1030. The van der Waals surface area contributed by atoms with E-state index in [1.165, 1.54) is 12.3 Å². The highest BCUT2D eigenvalue weighted by Crippen LogP contribution is 2.51. The fourth-order valence-corrected chi connectivity index (χ4v) is 4.60. The Morgan fingerprint density at radius 2 is 1.90 bits per heavy atom. The van der Waals surface area contributed by atoms with Crippen molar-refractivity contribution in [2.24, 2.45) is 5.41 Å². The van der Waals surface area contributed by atoms with Crippen molar-refractivity contribution < 1.29 is 27.2 Å². The summed E-state index contributed by atoms with van der Waals surface area (Å²) in [5.41, 5.74) is -1.39. The van der Waals surface area contributed by atoms with Gasteiger partial charge in [0.2, 0.25) is 5.91 Å². The van der Waals surface area contributed by atoms with Crippen LogP contribution in [0.5, 0.6) is 0 Å². The van der Waals surface area contributed by atoms with Gasteiger partial charge in [-0.25, -0.2) is 27.5 Å². The van der Waals surface area contributed by atoms with Gasteiger partial charge in [0, 0.05) is 43.4 Å². The normalized spacial score (nSPS) is 25.1. The molecule has 2 atom stereocenters. The zero-order chi connectivity index (χ0) is 22.4. The summed E-state index contributed by atoms with van der Waals surface area (Å²) in [6, 6.07) is 3.09. The second kappa shape index (κ2) is 7.58. The van der Waals surface area contributed by atoms with Crippen molar-refractivity contribution in [2.75, 3.05) is 11.4 Å². The number of rotatable bonds is 3. The van der Waals surface area contributed by atoms with E-state index in [4.69, 9.17) is 0 Å². The number of hydrogen-bond donors (Lipinski definition) is 1. The zero-order valence-corrected chi connectivity index (χ0v) is 16.7. The molecule has 1 aliphatic carbocycles. The predicted molar refractivity (Wildman–Crippen MR) is 103 cm³/mol. The van der Waals surface area contributed by atoms with E-state index in [0.29, 0.717) is 11.9 Å². The van der Waals surface area contributed by atoms with Crippen molar-refractivity contribution in [1.29, 1.82) is 0 Å². The molecule has 0 bridgehead atoms. The first-order valence-electron chi connectivity index (χ1n) is 9.83. The summed E-state index contributed by atoms with van der Waals surface area (Å²) in [7, 11) is 0. The molecule has 1 saturated heterocycles. The van der Waals surface area contributed by atoms with Gasteiger partial charge in [-0.1, -0.05) is 0 Å². The highest BCUT2D eigenvalue weighted by atomic mass is 19.3. The zero-order valence-electron chi connectivity index (χ0n) is 16.7. The number of alkyl halides is 2. The van der Waals surface area contributed by atoms with E-state index in [1.54, 1.807) is 6.92 Å². The lowest BCUT2D eigenvalue weighted by Crippen LogP contribution is -2.52. The summed E-state index contributed by atoms with van der Waals surface area (Å²) in [6.07, 6.45) is 0.216. The minimum atomic E-state index is -3.18. The SMILES string of the molecule is Cc1nccc(C(=O)N[C@@H]2CC(F)(F)C[C@]3(CCN(c4cc(F)cc(F)c4)C3=O)C2)n1. The number of hydrogen-bond acceptors (Lipinski definition) is 4. The first-order valence-corrected chi connectivity index (χ1v) is 9.83. The average molecular weight is 436 g/mol. The number of nitrogens with one attached hydrogen (secondary N) is 1. The Balaban J connectivity index is 1.56. The van der Waals surface area contributed by atoms with Crippen LogP contribution in [-0.4, -0.2) is 40.3 Å². The number of carbonyl (C=O) groups is 2. The maximum absolute atomic E-state index is 14.6. The van der Waals surface area contributed by atoms with E-state index in [0.717, 1.165) is 17.0 Å². The summed E-state index contributed by atoms with van der Waals surface area (Å²) in [6.45, 7) is 1.66. The number of amides is 2. The lowest BCUT2D eigenvalue weighted by Gasteiger charge is -2.41. The maximum atomic E-state index is 14.6. The number of benzene rings is 1. The maximum Gasteiger partial charge on any atom is 0.270 e. The van der Waals surface area contributed by atoms with Gasteiger partial charge in [0.25, 0.3) is 11.8 Å². The van der Waals surface area contributed by atoms with E-state index in [2.05, 4.69) is 15.3 Å². The van der Waals surface area contributed by atoms with Crippen LogP contribution < -0.4 is 10.2 Å². The molecule has 1 aliphatic heterocycles. The summed E-state index contributed by atoms with van der Waals surface area (Å²) < 4.78 is 56.5. The van der Waals surface area contributed by atoms with Crippen molar-refractivity contribution in [3.63, 3.8) is 0 Å². The molecule has 1 aromatic heterocycles. The molecule has 1 aromatic carbocycles. The molecular weight excluding hydrogens is 416 g/mol. The van der Waals surface area contributed by atoms with Crippen molar-refractivity contribution in [2.45, 2.75) is 44.6 Å². The molecule has 1 saturated carbocycles. The Morgan fingerprint density at radius 1 is 1.19 bits per heavy atom. The molecule has 0 radical (unpaired) electrons. The summed E-state index contributed by atoms with van der Waals surface area (Å²) in [5, 5.41) is 2.56. The standard InChI is InChI=1S/C21H20F4N4O2/c1-12-26-4-2-17(27-12)18(30)28-15-9-20(11-21(24,25)10-15)3-5-29(19(20)31)16-7-13(22)6-14(23)8-16/h2,4,6-8,15H,3,5,9-11H2,1H3,(H,28,30)/t15-,20-/m0/s1. The Labute approximate surface area is 175 Å². The number of aromatic nitrogens is 2. The lowest BCUT2D eigenvalue weighted by molar-refractivity contribution is -0.140. The van der Waals surface area contributed by atoms with Gasteiger partial charge in [-0.15, -0.1) is 0 Å². The fourth-order valence-electron chi connectivity index (χ4n) is 4.60. The van der Waals surface area contributed by atoms with Crippen LogP contribution >= 0.6 is 0 Å². The van der Waals surface area contributed by atoms with E-state index < -0.39 is 53.7 Å². The molecule has 6 nitrogen and oxygen atoms in total. The van der Waals surface area contributed by atoms with E-state index >= 15 is 0 Å². The van der Waals surface area contributed by atoms with Gasteiger partial charge in [-0.05, 0) is 38.0 Å². The van der Waals surface area contributed by atoms with Crippen LogP contribution in [0.3, 0.4) is 0 Å². The summed E-state index contributed by atoms with van der Waals surface area (Å²) in [4.78, 5) is 34.7. The van der Waals surface area contributed by atoms with Crippen LogP contribution in [0.15, 0.2) is 30.5 Å². The van der Waals surface area contributed by atoms with Crippen LogP contribution in [0.4, 0.5) is 23.2 Å². The second-order valence-electron chi connectivity index (χ2n) is 8.22. The van der Waals surface area contributed by atoms with Crippen LogP contribution in [0.25, 0.3) is 0 Å². The molecule has 31 heavy (non-hydrogen) atoms. The molecule has 1 N–H and O–H groups in total. The van der Waals surface area contributed by atoms with Gasteiger partial charge in [0.1, 0.15) is 23.2 Å². The minimum absolute atomic E-state index is 0.00548. The van der Waals surface area contributed by atoms with Crippen molar-refractivity contribution in [3.05, 3.63) is 53.6 Å². The molecular formula is C21H20F4N4O2. The van der Waals surface area contributed by atoms with Gasteiger partial charge in [-0.2, -0.15) is 0 Å². The molecule has 1 spiro atoms. The number of nitrogens with zero attached hydrogens (tertiary/aromatic N) is 3. The number of anilines is 1. The van der Waals surface area contributed by atoms with Gasteiger partial charge >= 0.3 is 0 Å². The smallest absolute Gasteiger partial charge is 0.270 e. The minimum Gasteiger partial charge on any atom is -0.348 e. The van der Waals surface area contributed by atoms with Crippen LogP contribution in [-0.2, 0) is 4.79 Å². The first-order chi connectivity index (χ1) is 14.6. The second-order valence-corrected chi connectivity index (χ2v) is 8.22. The van der Waals surface area contributed by atoms with Crippen molar-refractivity contribution >= 4 is 17.5 Å². The monoisotopic (exact) mass is 436 g/mol. The number of halogens is 4. The van der Waals surface area contributed by atoms with Crippen LogP contribution in [0.1, 0.15) is 42.0 Å². The van der Waals surface area contributed by atoms with E-state index in [-0.39, 0.29) is 30.8 Å². The Hall–Kier alpha value is -3.04. The van der Waals surface area contributed by atoms with Gasteiger partial charge < -0.3 is 10.2 Å². The Kier molecular flexibility index (Phi) is 5.18. The molecule has 2 fully saturated rings. The largest absolute Gasteiger partial charge is 0.348 e. The molecule has 10 heteroatoms. The van der Waals surface area contributed by atoms with Crippen LogP contribution in [0.2, 0.25) is 0 Å². The van der Waals surface area contributed by atoms with Gasteiger partial charge in [-0.3, -0.25) is 9.59 Å². The average Bonchev–Trinajstić information content (AvgIpc) is 2.95. The Morgan fingerprint density at radius 3 is 2.58 bits per heavy atom. The topological polar surface area (TPSA) is 75.2 Å². The molecule has 0 unspecified atom stereocenters. The third-order valence-electron chi connectivity index (χ3n) is 5.79. The highest BCUT2D eigenvalue weighted by Gasteiger charge is 2.57. The molecule has 2 amide bonds. The van der Waals surface area contributed by atoms with Crippen molar-refractivity contribution in [1.82, 2.24) is 15.3 Å². The summed E-state index contributed by atoms with van der Waals surface area (Å²) >= 11 is 0. The van der Waals surface area contributed by atoms with Gasteiger partial charge in [0.05, 0.1) is 5.41 Å². The molecule has 4 rings (SSSR count). The third-order valence-corrected chi connectivity index (χ3v) is 5.79.